The number of hydrogen-bond donors (Lipinski definition) is 0. The lowest BCUT2D eigenvalue weighted by atomic mass is 9.63. The molecule has 0 heterocycles. The second-order valence-electron chi connectivity index (χ2n) is 11.2. The van der Waals surface area contributed by atoms with Crippen LogP contribution in [0.1, 0.15) is 91.9 Å². The van der Waals surface area contributed by atoms with Gasteiger partial charge in [-0.1, -0.05) is 25.7 Å². The van der Waals surface area contributed by atoms with Crippen molar-refractivity contribution in [2.75, 3.05) is 0 Å². The summed E-state index contributed by atoms with van der Waals surface area (Å²) in [5, 5.41) is 0. The molecule has 0 amide bonds. The van der Waals surface area contributed by atoms with E-state index in [1.165, 1.54) is 64.2 Å². The monoisotopic (exact) mass is 404 g/mol. The third-order valence-electron chi connectivity index (χ3n) is 9.02. The van der Waals surface area contributed by atoms with Crippen molar-refractivity contribution >= 4 is 11.9 Å². The highest BCUT2D eigenvalue weighted by Crippen LogP contribution is 2.48. The number of esters is 2. The summed E-state index contributed by atoms with van der Waals surface area (Å²) < 4.78 is 11.7. The van der Waals surface area contributed by atoms with E-state index in [1.807, 2.05) is 13.8 Å². The van der Waals surface area contributed by atoms with Gasteiger partial charge in [0.1, 0.15) is 12.2 Å². The van der Waals surface area contributed by atoms with E-state index in [0.717, 1.165) is 11.8 Å². The summed E-state index contributed by atoms with van der Waals surface area (Å²) in [6, 6.07) is 0. The van der Waals surface area contributed by atoms with Crippen molar-refractivity contribution in [3.05, 3.63) is 0 Å². The molecule has 4 unspecified atom stereocenters. The first kappa shape index (κ1) is 21.2. The minimum atomic E-state index is -1.25. The maximum atomic E-state index is 12.9. The van der Waals surface area contributed by atoms with Crippen molar-refractivity contribution < 1.29 is 19.1 Å². The summed E-state index contributed by atoms with van der Waals surface area (Å²) >= 11 is 0. The maximum absolute atomic E-state index is 12.9. The van der Waals surface area contributed by atoms with Gasteiger partial charge in [0.2, 0.25) is 0 Å². The molecule has 0 aromatic carbocycles. The molecule has 4 atom stereocenters. The van der Waals surface area contributed by atoms with Gasteiger partial charge >= 0.3 is 11.9 Å². The Morgan fingerprint density at radius 2 is 1.03 bits per heavy atom. The molecule has 4 heteroatoms. The highest BCUT2D eigenvalue weighted by molar-refractivity contribution is 5.99. The fraction of sp³-hybridized carbons (Fsp3) is 0.920. The van der Waals surface area contributed by atoms with Crippen molar-refractivity contribution in [1.29, 1.82) is 0 Å². The third-order valence-corrected chi connectivity index (χ3v) is 9.02. The summed E-state index contributed by atoms with van der Waals surface area (Å²) in [7, 11) is 0. The molecule has 29 heavy (non-hydrogen) atoms. The predicted molar refractivity (Wildman–Crippen MR) is 112 cm³/mol. The molecule has 0 N–H and O–H groups in total. The summed E-state index contributed by atoms with van der Waals surface area (Å²) in [4.78, 5) is 25.9. The molecule has 6 aliphatic rings. The van der Waals surface area contributed by atoms with Crippen LogP contribution in [0.5, 0.6) is 0 Å². The zero-order chi connectivity index (χ0) is 20.8. The van der Waals surface area contributed by atoms with E-state index in [-0.39, 0.29) is 12.2 Å². The van der Waals surface area contributed by atoms with Crippen LogP contribution in [-0.4, -0.2) is 24.1 Å². The Bertz CT molecular complexity index is 558. The van der Waals surface area contributed by atoms with Crippen LogP contribution in [0.2, 0.25) is 0 Å². The smallest absolute Gasteiger partial charge is 0.323 e. The van der Waals surface area contributed by atoms with Crippen LogP contribution in [-0.2, 0) is 19.1 Å². The molecule has 0 saturated heterocycles. The van der Waals surface area contributed by atoms with E-state index in [9.17, 15) is 9.59 Å². The minimum Gasteiger partial charge on any atom is -0.462 e. The standard InChI is InChI=1S/C25H40O4/c1-15(21-13-17-5-9-19(21)10-6-17)28-23(26)25(3,4)24(27)29-16(2)22-14-18-7-11-20(22)12-8-18/h15-22H,5-14H2,1-4H3. The topological polar surface area (TPSA) is 52.6 Å². The number of rotatable bonds is 6. The lowest BCUT2D eigenvalue weighted by molar-refractivity contribution is -0.181. The molecule has 0 radical (unpaired) electrons. The van der Waals surface area contributed by atoms with Crippen molar-refractivity contribution in [2.24, 2.45) is 40.9 Å². The first-order valence-corrected chi connectivity index (χ1v) is 12.2. The number of ether oxygens (including phenoxy) is 2. The molecular weight excluding hydrogens is 364 g/mol. The van der Waals surface area contributed by atoms with Gasteiger partial charge in [0.05, 0.1) is 0 Å². The third kappa shape index (κ3) is 4.23. The summed E-state index contributed by atoms with van der Waals surface area (Å²) in [6.45, 7) is 7.37. The van der Waals surface area contributed by atoms with Crippen LogP contribution >= 0.6 is 0 Å². The molecule has 4 nitrogen and oxygen atoms in total. The van der Waals surface area contributed by atoms with Crippen LogP contribution in [0.3, 0.4) is 0 Å². The van der Waals surface area contributed by atoms with Gasteiger partial charge < -0.3 is 9.47 Å². The van der Waals surface area contributed by atoms with Crippen molar-refractivity contribution in [3.63, 3.8) is 0 Å². The molecule has 4 bridgehead atoms. The number of hydrogen-bond acceptors (Lipinski definition) is 4. The lowest BCUT2D eigenvalue weighted by Gasteiger charge is -2.45. The molecule has 164 valence electrons. The highest BCUT2D eigenvalue weighted by Gasteiger charge is 2.46. The molecule has 6 aliphatic carbocycles. The Kier molecular flexibility index (Phi) is 6.01. The average molecular weight is 405 g/mol. The number of carbonyl (C=O) groups excluding carboxylic acids is 2. The molecule has 0 aliphatic heterocycles. The predicted octanol–water partition coefficient (Wildman–Crippen LogP) is 5.53. The molecular formula is C25H40O4. The van der Waals surface area contributed by atoms with Crippen LogP contribution in [0.15, 0.2) is 0 Å². The van der Waals surface area contributed by atoms with Crippen molar-refractivity contribution in [2.45, 2.75) is 104 Å². The normalized spacial score (nSPS) is 38.3. The minimum absolute atomic E-state index is 0.117. The lowest BCUT2D eigenvalue weighted by Crippen LogP contribution is -2.45. The van der Waals surface area contributed by atoms with Crippen LogP contribution in [0, 0.1) is 40.9 Å². The summed E-state index contributed by atoms with van der Waals surface area (Å²) in [6.07, 6.45) is 12.5. The zero-order valence-corrected chi connectivity index (χ0v) is 18.8. The Morgan fingerprint density at radius 3 is 1.31 bits per heavy atom. The van der Waals surface area contributed by atoms with E-state index in [0.29, 0.717) is 23.7 Å². The van der Waals surface area contributed by atoms with Crippen molar-refractivity contribution in [1.82, 2.24) is 0 Å². The van der Waals surface area contributed by atoms with Gasteiger partial charge in [-0.2, -0.15) is 0 Å². The highest BCUT2D eigenvalue weighted by atomic mass is 16.6. The van der Waals surface area contributed by atoms with Gasteiger partial charge in [0.25, 0.3) is 0 Å². The Balaban J connectivity index is 1.32. The fourth-order valence-electron chi connectivity index (χ4n) is 6.90. The van der Waals surface area contributed by atoms with Gasteiger partial charge in [-0.25, -0.2) is 0 Å². The van der Waals surface area contributed by atoms with Crippen LogP contribution < -0.4 is 0 Å². The van der Waals surface area contributed by atoms with Crippen molar-refractivity contribution in [3.8, 4) is 0 Å². The summed E-state index contributed by atoms with van der Waals surface area (Å²) in [5.41, 5.74) is -1.25. The fourth-order valence-corrected chi connectivity index (χ4v) is 6.90. The quantitative estimate of drug-likeness (QED) is 0.431. The van der Waals surface area contributed by atoms with E-state index in [4.69, 9.17) is 9.47 Å². The van der Waals surface area contributed by atoms with Gasteiger partial charge in [0.15, 0.2) is 5.41 Å². The SMILES string of the molecule is CC(OC(=O)C(C)(C)C(=O)OC(C)C1CC2CCC1CC2)C1CC2CCC1CC2. The first-order valence-electron chi connectivity index (χ1n) is 12.2. The second kappa shape index (κ2) is 8.23. The molecule has 0 aromatic rings. The van der Waals surface area contributed by atoms with Gasteiger partial charge in [0, 0.05) is 0 Å². The van der Waals surface area contributed by atoms with Gasteiger partial charge in [-0.15, -0.1) is 0 Å². The Morgan fingerprint density at radius 1 is 0.690 bits per heavy atom. The summed E-state index contributed by atoms with van der Waals surface area (Å²) in [5.74, 6) is 3.03. The maximum Gasteiger partial charge on any atom is 0.323 e. The number of carbonyl (C=O) groups is 2. The molecule has 6 fully saturated rings. The van der Waals surface area contributed by atoms with E-state index in [1.54, 1.807) is 13.8 Å². The van der Waals surface area contributed by atoms with Gasteiger partial charge in [-0.05, 0) is 102 Å². The molecule has 0 aromatic heterocycles. The van der Waals surface area contributed by atoms with E-state index >= 15 is 0 Å². The average Bonchev–Trinajstić information content (AvgIpc) is 2.75. The van der Waals surface area contributed by atoms with Crippen LogP contribution in [0.25, 0.3) is 0 Å². The molecule has 6 rings (SSSR count). The Labute approximate surface area is 176 Å². The largest absolute Gasteiger partial charge is 0.462 e. The Hall–Kier alpha value is -1.06. The second-order valence-corrected chi connectivity index (χ2v) is 11.2. The first-order chi connectivity index (χ1) is 13.8. The molecule has 6 saturated carbocycles. The molecule has 0 spiro atoms. The van der Waals surface area contributed by atoms with Crippen LogP contribution in [0.4, 0.5) is 0 Å². The van der Waals surface area contributed by atoms with E-state index in [2.05, 4.69) is 0 Å². The van der Waals surface area contributed by atoms with Gasteiger partial charge in [-0.3, -0.25) is 9.59 Å². The zero-order valence-electron chi connectivity index (χ0n) is 18.8. The van der Waals surface area contributed by atoms with E-state index < -0.39 is 17.4 Å². The number of fused-ring (bicyclic) bond motifs is 6.